The minimum Gasteiger partial charge on any atom is -0.369 e. The van der Waals surface area contributed by atoms with Gasteiger partial charge in [0.05, 0.1) is 6.61 Å². The van der Waals surface area contributed by atoms with Gasteiger partial charge in [0.15, 0.2) is 0 Å². The van der Waals surface area contributed by atoms with E-state index in [1.807, 2.05) is 0 Å². The van der Waals surface area contributed by atoms with Gasteiger partial charge in [-0.15, -0.1) is 11.3 Å². The molecule has 20 heavy (non-hydrogen) atoms. The third kappa shape index (κ3) is 2.38. The second-order valence-electron chi connectivity index (χ2n) is 5.93. The molecule has 1 aromatic heterocycles. The molecule has 1 N–H and O–H groups in total. The molecule has 1 saturated heterocycles. The first-order valence-electron chi connectivity index (χ1n) is 6.90. The molecule has 0 aliphatic carbocycles. The summed E-state index contributed by atoms with van der Waals surface area (Å²) in [6.45, 7) is 4.64. The highest BCUT2D eigenvalue weighted by atomic mass is 32.1. The lowest BCUT2D eigenvalue weighted by atomic mass is 9.80. The summed E-state index contributed by atoms with van der Waals surface area (Å²) in [6, 6.07) is 1.82. The lowest BCUT2D eigenvalue weighted by Gasteiger charge is -2.45. The maximum absolute atomic E-state index is 12.9. The van der Waals surface area contributed by atoms with Crippen LogP contribution in [-0.4, -0.2) is 18.7 Å². The molecule has 3 atom stereocenters. The normalized spacial score (nSPS) is 34.2. The summed E-state index contributed by atoms with van der Waals surface area (Å²) < 4.78 is 44.8. The van der Waals surface area contributed by atoms with Crippen molar-refractivity contribution < 1.29 is 17.9 Å². The molecule has 0 saturated carbocycles. The van der Waals surface area contributed by atoms with E-state index in [0.29, 0.717) is 13.0 Å². The number of thiophene rings is 1. The lowest BCUT2D eigenvalue weighted by molar-refractivity contribution is -0.134. The zero-order chi connectivity index (χ0) is 14.5. The first kappa shape index (κ1) is 14.4. The van der Waals surface area contributed by atoms with Crippen LogP contribution in [-0.2, 0) is 22.9 Å². The number of fused-ring (bicyclic) bond motifs is 2. The summed E-state index contributed by atoms with van der Waals surface area (Å²) in [5.41, 5.74) is 0.307. The zero-order valence-corrected chi connectivity index (χ0v) is 12.3. The van der Waals surface area contributed by atoms with Crippen LogP contribution in [0.3, 0.4) is 0 Å². The average molecular weight is 305 g/mol. The Bertz CT molecular complexity index is 501. The van der Waals surface area contributed by atoms with Crippen LogP contribution in [0, 0.1) is 0 Å². The minimum atomic E-state index is -4.26. The Morgan fingerprint density at radius 1 is 1.30 bits per heavy atom. The van der Waals surface area contributed by atoms with E-state index in [-0.39, 0.29) is 12.1 Å². The molecule has 3 rings (SSSR count). The van der Waals surface area contributed by atoms with Gasteiger partial charge in [-0.25, -0.2) is 0 Å². The van der Waals surface area contributed by atoms with E-state index in [1.165, 1.54) is 6.07 Å². The number of hydrogen-bond acceptors (Lipinski definition) is 3. The van der Waals surface area contributed by atoms with Crippen molar-refractivity contribution in [1.82, 2.24) is 5.32 Å². The van der Waals surface area contributed by atoms with Crippen LogP contribution in [0.4, 0.5) is 13.2 Å². The molecule has 0 amide bonds. The number of ether oxygens (including phenoxy) is 1. The molecule has 2 aliphatic rings. The Morgan fingerprint density at radius 2 is 1.95 bits per heavy atom. The van der Waals surface area contributed by atoms with Gasteiger partial charge in [0.1, 0.15) is 10.5 Å². The topological polar surface area (TPSA) is 21.3 Å². The smallest absolute Gasteiger partial charge is 0.369 e. The number of piperidine rings is 1. The molecule has 112 valence electrons. The van der Waals surface area contributed by atoms with E-state index in [2.05, 4.69) is 19.2 Å². The third-order valence-corrected chi connectivity index (χ3v) is 5.50. The Balaban J connectivity index is 2.03. The summed E-state index contributed by atoms with van der Waals surface area (Å²) in [4.78, 5) is 0.308. The zero-order valence-electron chi connectivity index (χ0n) is 11.5. The van der Waals surface area contributed by atoms with Crippen LogP contribution < -0.4 is 5.32 Å². The number of hydrogen-bond donors (Lipinski definition) is 1. The van der Waals surface area contributed by atoms with Gasteiger partial charge in [0.2, 0.25) is 0 Å². The van der Waals surface area contributed by atoms with Crippen molar-refractivity contribution in [1.29, 1.82) is 0 Å². The molecule has 2 nitrogen and oxygen atoms in total. The molecule has 1 aromatic rings. The minimum absolute atomic E-state index is 0.251. The molecule has 1 unspecified atom stereocenters. The number of halogens is 3. The van der Waals surface area contributed by atoms with Crippen LogP contribution in [0.5, 0.6) is 0 Å². The van der Waals surface area contributed by atoms with Gasteiger partial charge in [-0.05, 0) is 44.7 Å². The van der Waals surface area contributed by atoms with Gasteiger partial charge in [0, 0.05) is 17.0 Å². The van der Waals surface area contributed by atoms with E-state index in [0.717, 1.165) is 34.6 Å². The molecule has 6 heteroatoms. The van der Waals surface area contributed by atoms with Crippen LogP contribution in [0.1, 0.15) is 42.0 Å². The molecule has 3 heterocycles. The second kappa shape index (κ2) is 4.71. The Morgan fingerprint density at radius 3 is 2.55 bits per heavy atom. The fourth-order valence-corrected chi connectivity index (χ4v) is 4.78. The van der Waals surface area contributed by atoms with Crippen molar-refractivity contribution in [3.8, 4) is 0 Å². The monoisotopic (exact) mass is 305 g/mol. The van der Waals surface area contributed by atoms with E-state index in [1.54, 1.807) is 0 Å². The fraction of sp³-hybridized carbons (Fsp3) is 0.714. The van der Waals surface area contributed by atoms with Gasteiger partial charge in [-0.1, -0.05) is 0 Å². The highest BCUT2D eigenvalue weighted by Gasteiger charge is 2.46. The number of rotatable bonds is 0. The molecule has 1 spiro atoms. The summed E-state index contributed by atoms with van der Waals surface area (Å²) in [7, 11) is 0. The molecule has 0 bridgehead atoms. The number of alkyl halides is 3. The highest BCUT2D eigenvalue weighted by Crippen LogP contribution is 2.49. The van der Waals surface area contributed by atoms with Gasteiger partial charge in [-0.3, -0.25) is 0 Å². The quantitative estimate of drug-likeness (QED) is 0.789. The van der Waals surface area contributed by atoms with Crippen molar-refractivity contribution in [2.24, 2.45) is 0 Å². The van der Waals surface area contributed by atoms with E-state index in [4.69, 9.17) is 4.74 Å². The fourth-order valence-electron chi connectivity index (χ4n) is 3.54. The second-order valence-corrected chi connectivity index (χ2v) is 6.98. The van der Waals surface area contributed by atoms with Crippen LogP contribution in [0.2, 0.25) is 0 Å². The van der Waals surface area contributed by atoms with Gasteiger partial charge in [-0.2, -0.15) is 13.2 Å². The maximum atomic E-state index is 12.9. The largest absolute Gasteiger partial charge is 0.425 e. The van der Waals surface area contributed by atoms with E-state index >= 15 is 0 Å². The van der Waals surface area contributed by atoms with Gasteiger partial charge >= 0.3 is 6.18 Å². The average Bonchev–Trinajstić information content (AvgIpc) is 2.72. The summed E-state index contributed by atoms with van der Waals surface area (Å²) in [5.74, 6) is 0. The van der Waals surface area contributed by atoms with Crippen molar-refractivity contribution in [2.75, 3.05) is 6.61 Å². The standard InChI is InChI=1S/C14H18F3NOS/c1-8-6-13(7-9(2)18-8)12-10(3-4-19-13)5-11(20-12)14(15,16)17/h5,8-9,18H,3-4,6-7H2,1-2H3/t8-,9+,13?. The molecule has 0 radical (unpaired) electrons. The summed E-state index contributed by atoms with van der Waals surface area (Å²) in [5, 5.41) is 3.42. The van der Waals surface area contributed by atoms with Crippen molar-refractivity contribution in [2.45, 2.75) is 57.0 Å². The number of nitrogens with one attached hydrogen (secondary N) is 1. The van der Waals surface area contributed by atoms with Crippen molar-refractivity contribution in [3.63, 3.8) is 0 Å². The third-order valence-electron chi connectivity index (χ3n) is 4.09. The van der Waals surface area contributed by atoms with Crippen LogP contribution >= 0.6 is 11.3 Å². The SMILES string of the molecule is C[C@@H]1CC2(C[C@H](C)N1)OCCc1cc(C(F)(F)F)sc12. The Labute approximate surface area is 120 Å². The lowest BCUT2D eigenvalue weighted by Crippen LogP contribution is -2.52. The summed E-state index contributed by atoms with van der Waals surface area (Å²) in [6.07, 6.45) is -2.20. The Kier molecular flexibility index (Phi) is 3.38. The highest BCUT2D eigenvalue weighted by molar-refractivity contribution is 7.12. The van der Waals surface area contributed by atoms with Crippen molar-refractivity contribution in [3.05, 3.63) is 21.4 Å². The maximum Gasteiger partial charge on any atom is 0.425 e. The van der Waals surface area contributed by atoms with E-state index < -0.39 is 16.7 Å². The first-order valence-corrected chi connectivity index (χ1v) is 7.72. The summed E-state index contributed by atoms with van der Waals surface area (Å²) >= 11 is 0.874. The predicted octanol–water partition coefficient (Wildman–Crippen LogP) is 3.70. The van der Waals surface area contributed by atoms with Gasteiger partial charge in [0.25, 0.3) is 0 Å². The molecule has 0 aromatic carbocycles. The van der Waals surface area contributed by atoms with Crippen molar-refractivity contribution >= 4 is 11.3 Å². The molecular weight excluding hydrogens is 287 g/mol. The molecule has 2 aliphatic heterocycles. The van der Waals surface area contributed by atoms with E-state index in [9.17, 15) is 13.2 Å². The first-order chi connectivity index (χ1) is 9.30. The Hall–Kier alpha value is -0.590. The van der Waals surface area contributed by atoms with Crippen LogP contribution in [0.25, 0.3) is 0 Å². The molecule has 1 fully saturated rings. The van der Waals surface area contributed by atoms with Gasteiger partial charge < -0.3 is 10.1 Å². The molecular formula is C14H18F3NOS. The van der Waals surface area contributed by atoms with Crippen LogP contribution in [0.15, 0.2) is 6.07 Å². The predicted molar refractivity (Wildman–Crippen MR) is 71.9 cm³/mol.